The topological polar surface area (TPSA) is 47.6 Å². The highest BCUT2D eigenvalue weighted by molar-refractivity contribution is 5.93. The molecule has 0 aliphatic carbocycles. The highest BCUT2D eigenvalue weighted by Gasteiger charge is 2.15. The summed E-state index contributed by atoms with van der Waals surface area (Å²) in [7, 11) is 3.23. The molecule has 1 aromatic carbocycles. The smallest absolute Gasteiger partial charge is 0.247 e. The second-order valence-corrected chi connectivity index (χ2v) is 4.60. The quantitative estimate of drug-likeness (QED) is 0.812. The number of rotatable bonds is 6. The van der Waals surface area contributed by atoms with Gasteiger partial charge in [-0.2, -0.15) is 0 Å². The zero-order valence-electron chi connectivity index (χ0n) is 12.8. The van der Waals surface area contributed by atoms with Crippen LogP contribution in [0.5, 0.6) is 11.5 Å². The van der Waals surface area contributed by atoms with Gasteiger partial charge in [-0.15, -0.1) is 0 Å². The average molecular weight is 277 g/mol. The van der Waals surface area contributed by atoms with Crippen LogP contribution in [-0.2, 0) is 4.79 Å². The molecule has 0 heterocycles. The van der Waals surface area contributed by atoms with Crippen LogP contribution in [0.2, 0.25) is 0 Å². The summed E-state index contributed by atoms with van der Waals surface area (Å²) in [5.74, 6) is 1.41. The maximum atomic E-state index is 12.0. The molecule has 1 amide bonds. The number of allylic oxidation sites excluding steroid dienone is 1. The molecule has 0 spiro atoms. The molecule has 1 rings (SSSR count). The number of carbonyl (C=O) groups is 1. The van der Waals surface area contributed by atoms with E-state index in [0.29, 0.717) is 0 Å². The molecule has 0 aliphatic rings. The highest BCUT2D eigenvalue weighted by atomic mass is 16.5. The fraction of sp³-hybridized carbons (Fsp3) is 0.438. The van der Waals surface area contributed by atoms with Crippen LogP contribution >= 0.6 is 0 Å². The molecule has 0 aromatic heterocycles. The molecule has 4 heteroatoms. The number of methoxy groups -OCH3 is 2. The number of nitrogens with one attached hydrogen (secondary N) is 1. The Morgan fingerprint density at radius 1 is 1.35 bits per heavy atom. The fourth-order valence-electron chi connectivity index (χ4n) is 1.96. The van der Waals surface area contributed by atoms with Crippen molar-refractivity contribution in [2.45, 2.75) is 33.2 Å². The maximum absolute atomic E-state index is 12.0. The molecule has 1 aromatic rings. The van der Waals surface area contributed by atoms with E-state index in [4.69, 9.17) is 9.47 Å². The minimum absolute atomic E-state index is 0.0655. The van der Waals surface area contributed by atoms with Crippen LogP contribution in [0, 0.1) is 0 Å². The van der Waals surface area contributed by atoms with Crippen LogP contribution in [0.4, 0.5) is 0 Å². The molecule has 0 fully saturated rings. The summed E-state index contributed by atoms with van der Waals surface area (Å²) in [6.07, 6.45) is 2.75. The molecule has 0 radical (unpaired) electrons. The lowest BCUT2D eigenvalue weighted by atomic mass is 10.1. The van der Waals surface area contributed by atoms with E-state index < -0.39 is 0 Å². The first-order chi connectivity index (χ1) is 9.53. The summed E-state index contributed by atoms with van der Waals surface area (Å²) in [5, 5.41) is 2.96. The van der Waals surface area contributed by atoms with Gasteiger partial charge in [-0.05, 0) is 38.5 Å². The number of benzene rings is 1. The highest BCUT2D eigenvalue weighted by Crippen LogP contribution is 2.29. The summed E-state index contributed by atoms with van der Waals surface area (Å²) >= 11 is 0. The van der Waals surface area contributed by atoms with Crippen LogP contribution in [0.15, 0.2) is 29.8 Å². The number of amides is 1. The van der Waals surface area contributed by atoms with Crippen LogP contribution in [-0.4, -0.2) is 20.1 Å². The second kappa shape index (κ2) is 7.58. The molecule has 110 valence electrons. The van der Waals surface area contributed by atoms with E-state index in [1.54, 1.807) is 14.2 Å². The van der Waals surface area contributed by atoms with Gasteiger partial charge >= 0.3 is 0 Å². The minimum Gasteiger partial charge on any atom is -0.497 e. The van der Waals surface area contributed by atoms with Gasteiger partial charge in [-0.25, -0.2) is 0 Å². The molecule has 0 bridgehead atoms. The number of hydrogen-bond acceptors (Lipinski definition) is 3. The van der Waals surface area contributed by atoms with Crippen LogP contribution in [0.1, 0.15) is 38.8 Å². The summed E-state index contributed by atoms with van der Waals surface area (Å²) in [6, 6.07) is 5.39. The van der Waals surface area contributed by atoms with Gasteiger partial charge in [0.1, 0.15) is 11.5 Å². The monoisotopic (exact) mass is 277 g/mol. The SMILES string of the molecule is CC/C=C(\C)C(=O)N[C@H](C)c1cc(OC)ccc1OC. The van der Waals surface area contributed by atoms with E-state index in [0.717, 1.165) is 29.1 Å². The maximum Gasteiger partial charge on any atom is 0.247 e. The first kappa shape index (κ1) is 16.1. The van der Waals surface area contributed by atoms with E-state index in [-0.39, 0.29) is 11.9 Å². The Bertz CT molecular complexity index is 494. The molecular formula is C16H23NO3. The molecule has 1 atom stereocenters. The predicted molar refractivity (Wildman–Crippen MR) is 80.2 cm³/mol. The third-order valence-electron chi connectivity index (χ3n) is 3.12. The second-order valence-electron chi connectivity index (χ2n) is 4.60. The Labute approximate surface area is 120 Å². The van der Waals surface area contributed by atoms with E-state index in [1.165, 1.54) is 0 Å². The van der Waals surface area contributed by atoms with Gasteiger partial charge < -0.3 is 14.8 Å². The first-order valence-corrected chi connectivity index (χ1v) is 6.73. The first-order valence-electron chi connectivity index (χ1n) is 6.73. The molecule has 1 N–H and O–H groups in total. The van der Waals surface area contributed by atoms with Gasteiger partial charge in [0, 0.05) is 11.1 Å². The largest absolute Gasteiger partial charge is 0.497 e. The van der Waals surface area contributed by atoms with Crippen molar-refractivity contribution in [1.29, 1.82) is 0 Å². The van der Waals surface area contributed by atoms with Gasteiger partial charge in [0.2, 0.25) is 5.91 Å². The van der Waals surface area contributed by atoms with Crippen molar-refractivity contribution in [2.75, 3.05) is 14.2 Å². The summed E-state index contributed by atoms with van der Waals surface area (Å²) in [5.41, 5.74) is 1.62. The lowest BCUT2D eigenvalue weighted by molar-refractivity contribution is -0.118. The normalized spacial score (nSPS) is 12.8. The van der Waals surface area contributed by atoms with Crippen LogP contribution in [0.25, 0.3) is 0 Å². The van der Waals surface area contributed by atoms with Crippen molar-refractivity contribution in [3.05, 3.63) is 35.4 Å². The molecule has 0 saturated carbocycles. The van der Waals surface area contributed by atoms with E-state index in [2.05, 4.69) is 5.32 Å². The third-order valence-corrected chi connectivity index (χ3v) is 3.12. The van der Waals surface area contributed by atoms with Gasteiger partial charge in [-0.3, -0.25) is 4.79 Å². The number of ether oxygens (including phenoxy) is 2. The zero-order valence-corrected chi connectivity index (χ0v) is 12.8. The van der Waals surface area contributed by atoms with Crippen molar-refractivity contribution in [3.63, 3.8) is 0 Å². The molecule has 0 saturated heterocycles. The molecule has 4 nitrogen and oxygen atoms in total. The van der Waals surface area contributed by atoms with Crippen molar-refractivity contribution >= 4 is 5.91 Å². The van der Waals surface area contributed by atoms with E-state index in [9.17, 15) is 4.79 Å². The van der Waals surface area contributed by atoms with Gasteiger partial charge in [0.15, 0.2) is 0 Å². The average Bonchev–Trinajstić information content (AvgIpc) is 2.46. The lowest BCUT2D eigenvalue weighted by Crippen LogP contribution is -2.27. The number of hydrogen-bond donors (Lipinski definition) is 1. The van der Waals surface area contributed by atoms with E-state index >= 15 is 0 Å². The molecule has 0 aliphatic heterocycles. The van der Waals surface area contributed by atoms with Crippen molar-refractivity contribution < 1.29 is 14.3 Å². The summed E-state index contributed by atoms with van der Waals surface area (Å²) in [4.78, 5) is 12.0. The molecule has 0 unspecified atom stereocenters. The molecule has 20 heavy (non-hydrogen) atoms. The standard InChI is InChI=1S/C16H23NO3/c1-6-7-11(2)16(18)17-12(3)14-10-13(19-4)8-9-15(14)20-5/h7-10,12H,6H2,1-5H3,(H,17,18)/b11-7+/t12-/m1/s1. The lowest BCUT2D eigenvalue weighted by Gasteiger charge is -2.18. The Morgan fingerprint density at radius 2 is 2.05 bits per heavy atom. The van der Waals surface area contributed by atoms with Gasteiger partial charge in [0.05, 0.1) is 20.3 Å². The summed E-state index contributed by atoms with van der Waals surface area (Å²) < 4.78 is 10.5. The summed E-state index contributed by atoms with van der Waals surface area (Å²) in [6.45, 7) is 5.74. The van der Waals surface area contributed by atoms with Gasteiger partial charge in [-0.1, -0.05) is 13.0 Å². The van der Waals surface area contributed by atoms with E-state index in [1.807, 2.05) is 45.0 Å². The minimum atomic E-state index is -0.159. The predicted octanol–water partition coefficient (Wildman–Crippen LogP) is 3.24. The van der Waals surface area contributed by atoms with Crippen molar-refractivity contribution in [1.82, 2.24) is 5.32 Å². The van der Waals surface area contributed by atoms with Crippen molar-refractivity contribution in [2.24, 2.45) is 0 Å². The molecular weight excluding hydrogens is 254 g/mol. The zero-order chi connectivity index (χ0) is 15.1. The third kappa shape index (κ3) is 4.02. The van der Waals surface area contributed by atoms with Crippen molar-refractivity contribution in [3.8, 4) is 11.5 Å². The van der Waals surface area contributed by atoms with Crippen LogP contribution in [0.3, 0.4) is 0 Å². The van der Waals surface area contributed by atoms with Crippen LogP contribution < -0.4 is 14.8 Å². The Kier molecular flexibility index (Phi) is 6.10. The fourth-order valence-corrected chi connectivity index (χ4v) is 1.96. The Morgan fingerprint density at radius 3 is 2.60 bits per heavy atom. The Hall–Kier alpha value is -1.97. The Balaban J connectivity index is 2.93. The number of carbonyl (C=O) groups excluding carboxylic acids is 1. The van der Waals surface area contributed by atoms with Gasteiger partial charge in [0.25, 0.3) is 0 Å².